The Morgan fingerprint density at radius 2 is 1.52 bits per heavy atom. The summed E-state index contributed by atoms with van der Waals surface area (Å²) in [5, 5.41) is 0. The molecule has 1 aromatic carbocycles. The maximum atomic E-state index is 5.91. The molecule has 112 valence electrons. The molecule has 0 unspecified atom stereocenters. The van der Waals surface area contributed by atoms with E-state index in [1.54, 1.807) is 6.20 Å². The quantitative estimate of drug-likeness (QED) is 0.883. The lowest BCUT2D eigenvalue weighted by molar-refractivity contribution is 1.06. The molecule has 0 aliphatic carbocycles. The van der Waals surface area contributed by atoms with Crippen molar-refractivity contribution in [2.24, 2.45) is 0 Å². The molecule has 4 N–H and O–H groups in total. The second-order valence-electron chi connectivity index (χ2n) is 5.46. The lowest BCUT2D eigenvalue weighted by atomic mass is 10.0. The van der Waals surface area contributed by atoms with Crippen molar-refractivity contribution in [3.05, 3.63) is 35.5 Å². The molecule has 2 rings (SSSR count). The predicted octanol–water partition coefficient (Wildman–Crippen LogP) is 1.36. The van der Waals surface area contributed by atoms with Gasteiger partial charge in [-0.3, -0.25) is 0 Å². The zero-order valence-corrected chi connectivity index (χ0v) is 13.0. The monoisotopic (exact) mass is 286 g/mol. The van der Waals surface area contributed by atoms with Crippen LogP contribution in [0.15, 0.2) is 24.4 Å². The van der Waals surface area contributed by atoms with Gasteiger partial charge in [-0.15, -0.1) is 0 Å². The molecule has 2 aromatic rings. The number of nitrogen functional groups attached to an aromatic ring is 2. The van der Waals surface area contributed by atoms with E-state index >= 15 is 0 Å². The van der Waals surface area contributed by atoms with Crippen LogP contribution in [0.1, 0.15) is 11.1 Å². The number of aromatic nitrogens is 2. The standard InChI is InChI=1S/C15H22N6/c1-20(2)12-6-10(7-13(8-12)21(3)4)5-11-9-18-15(17)19-14(11)16/h6-9H,5H2,1-4H3,(H4,16,17,18,19). The number of nitrogens with two attached hydrogens (primary N) is 2. The maximum Gasteiger partial charge on any atom is 0.221 e. The van der Waals surface area contributed by atoms with E-state index in [0.717, 1.165) is 22.5 Å². The van der Waals surface area contributed by atoms with Gasteiger partial charge in [-0.25, -0.2) is 4.98 Å². The van der Waals surface area contributed by atoms with E-state index in [1.165, 1.54) is 0 Å². The highest BCUT2D eigenvalue weighted by Gasteiger charge is 2.08. The number of hydrogen-bond acceptors (Lipinski definition) is 6. The molecule has 0 amide bonds. The summed E-state index contributed by atoms with van der Waals surface area (Å²) in [5.41, 5.74) is 15.8. The average Bonchev–Trinajstić information content (AvgIpc) is 2.41. The Labute approximate surface area is 125 Å². The summed E-state index contributed by atoms with van der Waals surface area (Å²) < 4.78 is 0. The molecule has 6 heteroatoms. The predicted molar refractivity (Wildman–Crippen MR) is 88.8 cm³/mol. The Bertz CT molecular complexity index is 610. The first-order valence-electron chi connectivity index (χ1n) is 6.72. The molecule has 0 saturated carbocycles. The highest BCUT2D eigenvalue weighted by Crippen LogP contribution is 2.25. The fourth-order valence-electron chi connectivity index (χ4n) is 2.07. The van der Waals surface area contributed by atoms with Gasteiger partial charge in [0.05, 0.1) is 0 Å². The van der Waals surface area contributed by atoms with Crippen LogP contribution < -0.4 is 21.3 Å². The normalized spacial score (nSPS) is 10.5. The van der Waals surface area contributed by atoms with Gasteiger partial charge < -0.3 is 21.3 Å². The highest BCUT2D eigenvalue weighted by molar-refractivity contribution is 5.61. The van der Waals surface area contributed by atoms with E-state index in [0.29, 0.717) is 12.2 Å². The van der Waals surface area contributed by atoms with Crippen LogP contribution in [-0.4, -0.2) is 38.2 Å². The molecule has 0 bridgehead atoms. The van der Waals surface area contributed by atoms with Crippen molar-refractivity contribution in [2.45, 2.75) is 6.42 Å². The van der Waals surface area contributed by atoms with Crippen molar-refractivity contribution >= 4 is 23.1 Å². The smallest absolute Gasteiger partial charge is 0.221 e. The minimum atomic E-state index is 0.201. The fourth-order valence-corrected chi connectivity index (χ4v) is 2.07. The lowest BCUT2D eigenvalue weighted by Gasteiger charge is -2.20. The number of rotatable bonds is 4. The van der Waals surface area contributed by atoms with E-state index in [4.69, 9.17) is 11.5 Å². The first-order valence-corrected chi connectivity index (χ1v) is 6.72. The molecule has 1 heterocycles. The van der Waals surface area contributed by atoms with Gasteiger partial charge in [-0.1, -0.05) is 0 Å². The second kappa shape index (κ2) is 5.87. The van der Waals surface area contributed by atoms with Crippen LogP contribution in [0.4, 0.5) is 23.1 Å². The molecular formula is C15H22N6. The van der Waals surface area contributed by atoms with Gasteiger partial charge in [-0.05, 0) is 23.8 Å². The SMILES string of the molecule is CN(C)c1cc(Cc2cnc(N)nc2N)cc(N(C)C)c1. The molecule has 0 spiro atoms. The van der Waals surface area contributed by atoms with Gasteiger partial charge in [0.25, 0.3) is 0 Å². The number of benzene rings is 1. The molecule has 21 heavy (non-hydrogen) atoms. The Morgan fingerprint density at radius 3 is 2.00 bits per heavy atom. The summed E-state index contributed by atoms with van der Waals surface area (Å²) in [6.07, 6.45) is 2.37. The van der Waals surface area contributed by atoms with E-state index in [9.17, 15) is 0 Å². The van der Waals surface area contributed by atoms with Crippen LogP contribution in [0, 0.1) is 0 Å². The van der Waals surface area contributed by atoms with Crippen LogP contribution in [0.2, 0.25) is 0 Å². The number of nitrogens with zero attached hydrogens (tertiary/aromatic N) is 4. The lowest BCUT2D eigenvalue weighted by Crippen LogP contribution is -2.13. The molecule has 0 aliphatic heterocycles. The maximum absolute atomic E-state index is 5.91. The Balaban J connectivity index is 2.38. The molecule has 0 saturated heterocycles. The summed E-state index contributed by atoms with van der Waals surface area (Å²) in [5.74, 6) is 0.636. The van der Waals surface area contributed by atoms with Crippen molar-refractivity contribution < 1.29 is 0 Å². The molecule has 0 radical (unpaired) electrons. The van der Waals surface area contributed by atoms with Gasteiger partial charge in [0, 0.05) is 57.7 Å². The van der Waals surface area contributed by atoms with Crippen molar-refractivity contribution in [3.8, 4) is 0 Å². The third-order valence-electron chi connectivity index (χ3n) is 3.31. The zero-order valence-electron chi connectivity index (χ0n) is 13.0. The molecular weight excluding hydrogens is 264 g/mol. The fraction of sp³-hybridized carbons (Fsp3) is 0.333. The van der Waals surface area contributed by atoms with Crippen molar-refractivity contribution in [1.82, 2.24) is 9.97 Å². The summed E-state index contributed by atoms with van der Waals surface area (Å²) >= 11 is 0. The number of anilines is 4. The van der Waals surface area contributed by atoms with E-state index in [-0.39, 0.29) is 5.95 Å². The Kier molecular flexibility index (Phi) is 4.16. The third kappa shape index (κ3) is 3.53. The molecule has 1 aromatic heterocycles. The molecule has 0 aliphatic rings. The van der Waals surface area contributed by atoms with Gasteiger partial charge in [0.1, 0.15) is 5.82 Å². The average molecular weight is 286 g/mol. The van der Waals surface area contributed by atoms with Crippen molar-refractivity contribution in [2.75, 3.05) is 49.5 Å². The van der Waals surface area contributed by atoms with Gasteiger partial charge in [-0.2, -0.15) is 4.98 Å². The topological polar surface area (TPSA) is 84.3 Å². The molecule has 0 atom stereocenters. The van der Waals surface area contributed by atoms with Gasteiger partial charge in [0.2, 0.25) is 5.95 Å². The second-order valence-corrected chi connectivity index (χ2v) is 5.46. The van der Waals surface area contributed by atoms with E-state index in [1.807, 2.05) is 28.2 Å². The summed E-state index contributed by atoms with van der Waals surface area (Å²) in [4.78, 5) is 12.2. The third-order valence-corrected chi connectivity index (χ3v) is 3.31. The van der Waals surface area contributed by atoms with Gasteiger partial charge in [0.15, 0.2) is 0 Å². The Hall–Kier alpha value is -2.50. The van der Waals surface area contributed by atoms with Crippen LogP contribution in [0.5, 0.6) is 0 Å². The van der Waals surface area contributed by atoms with Gasteiger partial charge >= 0.3 is 0 Å². The molecule has 0 fully saturated rings. The zero-order chi connectivity index (χ0) is 15.6. The minimum Gasteiger partial charge on any atom is -0.383 e. The summed E-state index contributed by atoms with van der Waals surface area (Å²) in [6, 6.07) is 6.43. The highest BCUT2D eigenvalue weighted by atomic mass is 15.1. The largest absolute Gasteiger partial charge is 0.383 e. The van der Waals surface area contributed by atoms with E-state index < -0.39 is 0 Å². The first kappa shape index (κ1) is 14.9. The van der Waals surface area contributed by atoms with Crippen LogP contribution in [0.3, 0.4) is 0 Å². The van der Waals surface area contributed by atoms with Crippen molar-refractivity contribution in [3.63, 3.8) is 0 Å². The number of hydrogen-bond donors (Lipinski definition) is 2. The van der Waals surface area contributed by atoms with Crippen molar-refractivity contribution in [1.29, 1.82) is 0 Å². The van der Waals surface area contributed by atoms with Crippen LogP contribution in [0.25, 0.3) is 0 Å². The first-order chi connectivity index (χ1) is 9.86. The Morgan fingerprint density at radius 1 is 0.952 bits per heavy atom. The van der Waals surface area contributed by atoms with E-state index in [2.05, 4.69) is 38.0 Å². The summed E-state index contributed by atoms with van der Waals surface area (Å²) in [7, 11) is 8.11. The minimum absolute atomic E-state index is 0.201. The van der Waals surface area contributed by atoms with Crippen LogP contribution >= 0.6 is 0 Å². The van der Waals surface area contributed by atoms with Crippen LogP contribution in [-0.2, 0) is 6.42 Å². The molecule has 6 nitrogen and oxygen atoms in total. The summed E-state index contributed by atoms with van der Waals surface area (Å²) in [6.45, 7) is 0.